The Balaban J connectivity index is 2.48. The topological polar surface area (TPSA) is 134 Å². The van der Waals surface area contributed by atoms with Crippen LogP contribution >= 0.6 is 0 Å². The zero-order chi connectivity index (χ0) is 22.8. The van der Waals surface area contributed by atoms with Gasteiger partial charge in [-0.25, -0.2) is 4.79 Å². The molecule has 10 heteroatoms. The lowest BCUT2D eigenvalue weighted by Crippen LogP contribution is -2.63. The van der Waals surface area contributed by atoms with Gasteiger partial charge in [-0.1, -0.05) is 27.7 Å². The summed E-state index contributed by atoms with van der Waals surface area (Å²) in [5.41, 5.74) is 4.06. The number of H-pyrrole nitrogens is 1. The number of nitrogen functional groups attached to an aromatic ring is 1. The van der Waals surface area contributed by atoms with Crippen molar-refractivity contribution in [1.82, 2.24) is 19.8 Å². The molecule has 10 nitrogen and oxygen atoms in total. The van der Waals surface area contributed by atoms with Gasteiger partial charge in [-0.15, -0.1) is 0 Å². The second kappa shape index (κ2) is 9.03. The van der Waals surface area contributed by atoms with Crippen molar-refractivity contribution in [2.45, 2.75) is 53.6 Å². The summed E-state index contributed by atoms with van der Waals surface area (Å²) in [6.45, 7) is 12.7. The largest absolute Gasteiger partial charge is 0.383 e. The Morgan fingerprint density at radius 1 is 1.17 bits per heavy atom. The normalized spacial score (nSPS) is 16.7. The third-order valence-electron chi connectivity index (χ3n) is 5.22. The average Bonchev–Trinajstić information content (AvgIpc) is 2.61. The van der Waals surface area contributed by atoms with Crippen LogP contribution in [-0.4, -0.2) is 58.0 Å². The lowest BCUT2D eigenvalue weighted by Gasteiger charge is -2.41. The molecular formula is C20H34N6O4. The minimum Gasteiger partial charge on any atom is -0.383 e. The van der Waals surface area contributed by atoms with E-state index < -0.39 is 16.8 Å². The average molecular weight is 423 g/mol. The van der Waals surface area contributed by atoms with Crippen LogP contribution in [0.3, 0.4) is 0 Å². The van der Waals surface area contributed by atoms with Crippen molar-refractivity contribution in [1.29, 1.82) is 0 Å². The summed E-state index contributed by atoms with van der Waals surface area (Å²) in [6, 6.07) is 0. The number of amides is 2. The van der Waals surface area contributed by atoms with Crippen molar-refractivity contribution < 1.29 is 9.59 Å². The maximum absolute atomic E-state index is 13.3. The molecule has 0 aromatic carbocycles. The number of aromatic nitrogens is 2. The molecule has 2 amide bonds. The molecule has 0 bridgehead atoms. The van der Waals surface area contributed by atoms with E-state index in [9.17, 15) is 19.2 Å². The van der Waals surface area contributed by atoms with Crippen molar-refractivity contribution in [2.75, 3.05) is 36.8 Å². The molecule has 1 aliphatic rings. The molecule has 1 aromatic heterocycles. The molecule has 1 fully saturated rings. The van der Waals surface area contributed by atoms with E-state index in [4.69, 9.17) is 5.73 Å². The van der Waals surface area contributed by atoms with E-state index >= 15 is 0 Å². The van der Waals surface area contributed by atoms with Gasteiger partial charge < -0.3 is 16.0 Å². The smallest absolute Gasteiger partial charge is 0.330 e. The molecule has 0 unspecified atom stereocenters. The van der Waals surface area contributed by atoms with Crippen LogP contribution in [0.1, 0.15) is 41.5 Å². The highest BCUT2D eigenvalue weighted by molar-refractivity contribution is 5.97. The number of aromatic amines is 1. The van der Waals surface area contributed by atoms with E-state index in [1.54, 1.807) is 18.7 Å². The van der Waals surface area contributed by atoms with Gasteiger partial charge in [-0.2, -0.15) is 0 Å². The summed E-state index contributed by atoms with van der Waals surface area (Å²) in [6.07, 6.45) is 0. The molecule has 0 atom stereocenters. The fraction of sp³-hybridized carbons (Fsp3) is 0.700. The van der Waals surface area contributed by atoms with Crippen molar-refractivity contribution in [3.8, 4) is 0 Å². The third kappa shape index (κ3) is 4.92. The van der Waals surface area contributed by atoms with E-state index in [1.165, 1.54) is 9.47 Å². The summed E-state index contributed by atoms with van der Waals surface area (Å²) in [5.74, 6) is -0.359. The van der Waals surface area contributed by atoms with Crippen LogP contribution in [-0.2, 0) is 16.1 Å². The first-order valence-corrected chi connectivity index (χ1v) is 10.3. The number of carbonyl (C=O) groups is 2. The van der Waals surface area contributed by atoms with Crippen LogP contribution in [0.25, 0.3) is 0 Å². The molecule has 0 saturated carbocycles. The molecule has 4 N–H and O–H groups in total. The Kier molecular flexibility index (Phi) is 7.12. The number of nitrogens with two attached hydrogens (primary N) is 1. The van der Waals surface area contributed by atoms with Crippen LogP contribution in [0.15, 0.2) is 9.59 Å². The van der Waals surface area contributed by atoms with Crippen molar-refractivity contribution >= 4 is 23.3 Å². The summed E-state index contributed by atoms with van der Waals surface area (Å²) >= 11 is 0. The maximum Gasteiger partial charge on any atom is 0.330 e. The van der Waals surface area contributed by atoms with Gasteiger partial charge in [-0.05, 0) is 25.7 Å². The first-order chi connectivity index (χ1) is 13.9. The molecular weight excluding hydrogens is 388 g/mol. The number of nitrogens with zero attached hydrogens (tertiary/aromatic N) is 3. The predicted octanol–water partition coefficient (Wildman–Crippen LogP) is -0.0258. The highest BCUT2D eigenvalue weighted by Crippen LogP contribution is 2.22. The van der Waals surface area contributed by atoms with Crippen LogP contribution < -0.4 is 27.2 Å². The number of anilines is 2. The molecule has 1 aromatic rings. The van der Waals surface area contributed by atoms with Gasteiger partial charge >= 0.3 is 5.69 Å². The van der Waals surface area contributed by atoms with Gasteiger partial charge in [0.2, 0.25) is 11.8 Å². The van der Waals surface area contributed by atoms with E-state index in [2.05, 4.69) is 10.3 Å². The van der Waals surface area contributed by atoms with E-state index in [1.807, 2.05) is 27.7 Å². The molecule has 2 heterocycles. The van der Waals surface area contributed by atoms with Crippen LogP contribution in [0.5, 0.6) is 0 Å². The summed E-state index contributed by atoms with van der Waals surface area (Å²) < 4.78 is 1.29. The Hall–Kier alpha value is -2.62. The SMILES string of the molecule is CC(C)CN(C(=O)CN1CCNC(=O)C1(C)C)c1c(N)n(CC(C)C)c(=O)[nH]c1=O. The molecule has 0 radical (unpaired) electrons. The minimum absolute atomic E-state index is 0.0202. The predicted molar refractivity (Wildman–Crippen MR) is 116 cm³/mol. The van der Waals surface area contributed by atoms with Crippen LogP contribution in [0, 0.1) is 11.8 Å². The van der Waals surface area contributed by atoms with Gasteiger partial charge in [0.1, 0.15) is 5.82 Å². The van der Waals surface area contributed by atoms with E-state index in [0.29, 0.717) is 19.6 Å². The highest BCUT2D eigenvalue weighted by Gasteiger charge is 2.39. The fourth-order valence-corrected chi connectivity index (χ4v) is 3.54. The number of rotatable bonds is 7. The maximum atomic E-state index is 13.3. The molecule has 2 rings (SSSR count). The number of piperazine rings is 1. The Morgan fingerprint density at radius 3 is 2.37 bits per heavy atom. The number of carbonyl (C=O) groups excluding carboxylic acids is 2. The van der Waals surface area contributed by atoms with Crippen molar-refractivity contribution in [3.05, 3.63) is 20.8 Å². The first kappa shape index (κ1) is 23.7. The van der Waals surface area contributed by atoms with Gasteiger partial charge in [0, 0.05) is 26.2 Å². The third-order valence-corrected chi connectivity index (χ3v) is 5.22. The lowest BCUT2D eigenvalue weighted by atomic mass is 9.99. The molecule has 1 aliphatic heterocycles. The first-order valence-electron chi connectivity index (χ1n) is 10.3. The fourth-order valence-electron chi connectivity index (χ4n) is 3.54. The number of hydrogen-bond acceptors (Lipinski definition) is 6. The molecule has 30 heavy (non-hydrogen) atoms. The summed E-state index contributed by atoms with van der Waals surface area (Å²) in [7, 11) is 0. The molecule has 0 aliphatic carbocycles. The monoisotopic (exact) mass is 422 g/mol. The Morgan fingerprint density at radius 2 is 1.80 bits per heavy atom. The van der Waals surface area contributed by atoms with Gasteiger partial charge in [-0.3, -0.25) is 28.8 Å². The van der Waals surface area contributed by atoms with Gasteiger partial charge in [0.15, 0.2) is 5.69 Å². The standard InChI is InChI=1S/C20H34N6O4/c1-12(2)9-25(14(27)11-24-8-7-22-18(29)20(24,5)6)15-16(21)26(10-13(3)4)19(30)23-17(15)28/h12-13H,7-11,21H2,1-6H3,(H,22,29)(H,23,28,30). The zero-order valence-electron chi connectivity index (χ0n) is 18.7. The zero-order valence-corrected chi connectivity index (χ0v) is 18.7. The summed E-state index contributed by atoms with van der Waals surface area (Å²) in [5, 5.41) is 2.80. The van der Waals surface area contributed by atoms with Gasteiger partial charge in [0.25, 0.3) is 5.56 Å². The lowest BCUT2D eigenvalue weighted by molar-refractivity contribution is -0.136. The summed E-state index contributed by atoms with van der Waals surface area (Å²) in [4.78, 5) is 55.9. The van der Waals surface area contributed by atoms with Gasteiger partial charge in [0.05, 0.1) is 12.1 Å². The quantitative estimate of drug-likeness (QED) is 0.565. The molecule has 0 spiro atoms. The van der Waals surface area contributed by atoms with E-state index in [0.717, 1.165) is 0 Å². The van der Waals surface area contributed by atoms with Crippen LogP contribution in [0.2, 0.25) is 0 Å². The molecule has 168 valence electrons. The van der Waals surface area contributed by atoms with Crippen LogP contribution in [0.4, 0.5) is 11.5 Å². The Labute approximate surface area is 176 Å². The Bertz CT molecular complexity index is 915. The van der Waals surface area contributed by atoms with E-state index in [-0.39, 0.29) is 48.2 Å². The second-order valence-corrected chi connectivity index (χ2v) is 9.13. The number of nitrogens with one attached hydrogen (secondary N) is 2. The van der Waals surface area contributed by atoms with Crippen molar-refractivity contribution in [2.24, 2.45) is 11.8 Å². The minimum atomic E-state index is -0.855. The van der Waals surface area contributed by atoms with Crippen molar-refractivity contribution in [3.63, 3.8) is 0 Å². The highest BCUT2D eigenvalue weighted by atomic mass is 16.2. The number of hydrogen-bond donors (Lipinski definition) is 3. The second-order valence-electron chi connectivity index (χ2n) is 9.13. The molecule has 1 saturated heterocycles.